The van der Waals surface area contributed by atoms with Gasteiger partial charge in [-0.05, 0) is 29.8 Å². The Bertz CT molecular complexity index is 723. The number of fused-ring (bicyclic) bond motifs is 1. The van der Waals surface area contributed by atoms with Crippen molar-refractivity contribution in [1.82, 2.24) is 4.98 Å². The van der Waals surface area contributed by atoms with Crippen molar-refractivity contribution >= 4 is 22.7 Å². The van der Waals surface area contributed by atoms with E-state index in [4.69, 9.17) is 21.8 Å². The van der Waals surface area contributed by atoms with Crippen LogP contribution in [0.2, 0.25) is 5.02 Å². The molecular formula is C15H12ClFN2O. The minimum Gasteiger partial charge on any atom is -0.441 e. The Morgan fingerprint density at radius 2 is 2.05 bits per heavy atom. The van der Waals surface area contributed by atoms with Crippen molar-refractivity contribution < 1.29 is 8.81 Å². The van der Waals surface area contributed by atoms with Gasteiger partial charge in [0.2, 0.25) is 0 Å². The second-order valence-electron chi connectivity index (χ2n) is 4.56. The van der Waals surface area contributed by atoms with Gasteiger partial charge in [-0.3, -0.25) is 0 Å². The van der Waals surface area contributed by atoms with E-state index in [2.05, 4.69) is 4.98 Å². The molecule has 1 unspecified atom stereocenters. The zero-order valence-corrected chi connectivity index (χ0v) is 11.3. The van der Waals surface area contributed by atoms with Gasteiger partial charge in [0.1, 0.15) is 11.3 Å². The molecule has 1 aromatic heterocycles. The van der Waals surface area contributed by atoms with Crippen LogP contribution in [0.5, 0.6) is 0 Å². The zero-order chi connectivity index (χ0) is 14.1. The number of hydrogen-bond acceptors (Lipinski definition) is 3. The molecular weight excluding hydrogens is 279 g/mol. The Morgan fingerprint density at radius 1 is 1.25 bits per heavy atom. The fourth-order valence-electron chi connectivity index (χ4n) is 2.06. The summed E-state index contributed by atoms with van der Waals surface area (Å²) in [6, 6.07) is 11.6. The van der Waals surface area contributed by atoms with E-state index in [9.17, 15) is 4.39 Å². The summed E-state index contributed by atoms with van der Waals surface area (Å²) < 4.78 is 18.7. The molecule has 0 amide bonds. The minimum absolute atomic E-state index is 0.0653. The monoisotopic (exact) mass is 290 g/mol. The van der Waals surface area contributed by atoms with Crippen LogP contribution in [0.15, 0.2) is 46.9 Å². The van der Waals surface area contributed by atoms with Gasteiger partial charge in [0.05, 0.1) is 5.02 Å². The number of oxazole rings is 1. The van der Waals surface area contributed by atoms with Crippen LogP contribution in [0.25, 0.3) is 11.1 Å². The van der Waals surface area contributed by atoms with Gasteiger partial charge < -0.3 is 10.2 Å². The van der Waals surface area contributed by atoms with E-state index in [-0.39, 0.29) is 11.1 Å². The van der Waals surface area contributed by atoms with Crippen molar-refractivity contribution in [2.75, 3.05) is 0 Å². The van der Waals surface area contributed by atoms with Gasteiger partial charge >= 0.3 is 0 Å². The molecule has 0 fully saturated rings. The van der Waals surface area contributed by atoms with Gasteiger partial charge in [0.15, 0.2) is 11.5 Å². The molecule has 3 aromatic rings. The third-order valence-electron chi connectivity index (χ3n) is 3.10. The standard InChI is InChI=1S/C15H12ClFN2O/c16-10-7-9(5-6-11(10)17)12(18)8-15-19-13-3-1-2-4-14(13)20-15/h1-7,12H,8,18H2. The molecule has 0 saturated heterocycles. The number of para-hydroxylation sites is 2. The molecule has 0 aliphatic rings. The molecule has 5 heteroatoms. The lowest BCUT2D eigenvalue weighted by atomic mass is 10.0. The molecule has 0 aliphatic heterocycles. The summed E-state index contributed by atoms with van der Waals surface area (Å²) in [7, 11) is 0. The predicted molar refractivity (Wildman–Crippen MR) is 76.1 cm³/mol. The van der Waals surface area contributed by atoms with E-state index in [1.54, 1.807) is 6.07 Å². The fourth-order valence-corrected chi connectivity index (χ4v) is 2.25. The van der Waals surface area contributed by atoms with Crippen LogP contribution < -0.4 is 5.73 Å². The van der Waals surface area contributed by atoms with Crippen LogP contribution in [0.3, 0.4) is 0 Å². The van der Waals surface area contributed by atoms with Crippen molar-refractivity contribution in [1.29, 1.82) is 0 Å². The first-order valence-electron chi connectivity index (χ1n) is 6.18. The topological polar surface area (TPSA) is 52.0 Å². The summed E-state index contributed by atoms with van der Waals surface area (Å²) in [5.74, 6) is 0.101. The Balaban J connectivity index is 1.84. The highest BCUT2D eigenvalue weighted by Crippen LogP contribution is 2.23. The maximum atomic E-state index is 13.1. The Kier molecular flexibility index (Phi) is 3.42. The maximum absolute atomic E-state index is 13.1. The lowest BCUT2D eigenvalue weighted by Gasteiger charge is -2.10. The van der Waals surface area contributed by atoms with E-state index < -0.39 is 5.82 Å². The molecule has 20 heavy (non-hydrogen) atoms. The number of rotatable bonds is 3. The smallest absolute Gasteiger partial charge is 0.197 e. The van der Waals surface area contributed by atoms with Crippen molar-refractivity contribution in [3.8, 4) is 0 Å². The summed E-state index contributed by atoms with van der Waals surface area (Å²) in [5, 5.41) is 0.0653. The second-order valence-corrected chi connectivity index (χ2v) is 4.97. The summed E-state index contributed by atoms with van der Waals surface area (Å²) in [4.78, 5) is 4.36. The van der Waals surface area contributed by atoms with Crippen LogP contribution in [-0.4, -0.2) is 4.98 Å². The summed E-state index contributed by atoms with van der Waals surface area (Å²) in [6.45, 7) is 0. The van der Waals surface area contributed by atoms with Crippen LogP contribution in [-0.2, 0) is 6.42 Å². The first-order valence-corrected chi connectivity index (χ1v) is 6.56. The summed E-state index contributed by atoms with van der Waals surface area (Å²) >= 11 is 5.76. The molecule has 0 radical (unpaired) electrons. The molecule has 1 heterocycles. The van der Waals surface area contributed by atoms with Crippen LogP contribution >= 0.6 is 11.6 Å². The van der Waals surface area contributed by atoms with Crippen molar-refractivity contribution in [3.05, 3.63) is 64.8 Å². The van der Waals surface area contributed by atoms with E-state index >= 15 is 0 Å². The quantitative estimate of drug-likeness (QED) is 0.797. The molecule has 102 valence electrons. The molecule has 2 N–H and O–H groups in total. The minimum atomic E-state index is -0.454. The lowest BCUT2D eigenvalue weighted by Crippen LogP contribution is -2.13. The Morgan fingerprint density at radius 3 is 2.80 bits per heavy atom. The molecule has 0 spiro atoms. The Labute approximate surface area is 120 Å². The van der Waals surface area contributed by atoms with Gasteiger partial charge in [-0.15, -0.1) is 0 Å². The van der Waals surface area contributed by atoms with Crippen molar-refractivity contribution in [3.63, 3.8) is 0 Å². The number of nitrogens with zero attached hydrogens (tertiary/aromatic N) is 1. The predicted octanol–water partition coefficient (Wildman–Crippen LogP) is 3.86. The van der Waals surface area contributed by atoms with Crippen LogP contribution in [0.1, 0.15) is 17.5 Å². The third-order valence-corrected chi connectivity index (χ3v) is 3.39. The van der Waals surface area contributed by atoms with Gasteiger partial charge in [-0.25, -0.2) is 9.37 Å². The molecule has 0 saturated carbocycles. The number of aromatic nitrogens is 1. The molecule has 2 aromatic carbocycles. The molecule has 0 aliphatic carbocycles. The van der Waals surface area contributed by atoms with Crippen molar-refractivity contribution in [2.45, 2.75) is 12.5 Å². The first-order chi connectivity index (χ1) is 9.63. The number of benzene rings is 2. The number of hydrogen-bond donors (Lipinski definition) is 1. The van der Waals surface area contributed by atoms with Gasteiger partial charge in [0.25, 0.3) is 0 Å². The van der Waals surface area contributed by atoms with Gasteiger partial charge in [-0.2, -0.15) is 0 Å². The van der Waals surface area contributed by atoms with Crippen LogP contribution in [0, 0.1) is 5.82 Å². The van der Waals surface area contributed by atoms with Gasteiger partial charge in [-0.1, -0.05) is 29.8 Å². The normalized spacial score (nSPS) is 12.8. The average Bonchev–Trinajstić information content (AvgIpc) is 2.83. The highest BCUT2D eigenvalue weighted by Gasteiger charge is 2.13. The molecule has 3 rings (SSSR count). The number of halogens is 2. The van der Waals surface area contributed by atoms with E-state index in [1.165, 1.54) is 12.1 Å². The van der Waals surface area contributed by atoms with E-state index in [0.29, 0.717) is 12.3 Å². The van der Waals surface area contributed by atoms with E-state index in [0.717, 1.165) is 16.7 Å². The Hall–Kier alpha value is -1.91. The largest absolute Gasteiger partial charge is 0.441 e. The SMILES string of the molecule is NC(Cc1nc2ccccc2o1)c1ccc(F)c(Cl)c1. The zero-order valence-electron chi connectivity index (χ0n) is 10.5. The van der Waals surface area contributed by atoms with Crippen molar-refractivity contribution in [2.24, 2.45) is 5.73 Å². The summed E-state index contributed by atoms with van der Waals surface area (Å²) in [6.07, 6.45) is 0.427. The lowest BCUT2D eigenvalue weighted by molar-refractivity contribution is 0.502. The number of nitrogens with two attached hydrogens (primary N) is 1. The molecule has 1 atom stereocenters. The van der Waals surface area contributed by atoms with E-state index in [1.807, 2.05) is 24.3 Å². The van der Waals surface area contributed by atoms with Gasteiger partial charge in [0, 0.05) is 12.5 Å². The highest BCUT2D eigenvalue weighted by atomic mass is 35.5. The van der Waals surface area contributed by atoms with Crippen LogP contribution in [0.4, 0.5) is 4.39 Å². The second kappa shape index (κ2) is 5.23. The third kappa shape index (κ3) is 2.53. The molecule has 0 bridgehead atoms. The molecule has 3 nitrogen and oxygen atoms in total. The summed E-state index contributed by atoms with van der Waals surface area (Å²) in [5.41, 5.74) is 8.36. The highest BCUT2D eigenvalue weighted by molar-refractivity contribution is 6.30. The maximum Gasteiger partial charge on any atom is 0.197 e. The fraction of sp³-hybridized carbons (Fsp3) is 0.133. The first kappa shape index (κ1) is 13.1. The average molecular weight is 291 g/mol.